The third-order valence-electron chi connectivity index (χ3n) is 5.09. The van der Waals surface area contributed by atoms with E-state index in [9.17, 15) is 4.79 Å². The summed E-state index contributed by atoms with van der Waals surface area (Å²) >= 11 is 0. The van der Waals surface area contributed by atoms with Crippen LogP contribution in [0.5, 0.6) is 0 Å². The van der Waals surface area contributed by atoms with Crippen molar-refractivity contribution in [3.63, 3.8) is 0 Å². The number of benzene rings is 2. The first-order chi connectivity index (χ1) is 13.1. The zero-order valence-electron chi connectivity index (χ0n) is 16.0. The van der Waals surface area contributed by atoms with E-state index in [4.69, 9.17) is 4.74 Å². The molecule has 2 aliphatic rings. The number of carbonyl (C=O) groups excluding carboxylic acids is 1. The quantitative estimate of drug-likeness (QED) is 0.769. The van der Waals surface area contributed by atoms with Crippen molar-refractivity contribution in [1.82, 2.24) is 0 Å². The van der Waals surface area contributed by atoms with E-state index in [1.54, 1.807) is 0 Å². The van der Waals surface area contributed by atoms with Crippen molar-refractivity contribution in [2.24, 2.45) is 5.92 Å². The first kappa shape index (κ1) is 17.8. The minimum atomic E-state index is 0.0992. The van der Waals surface area contributed by atoms with E-state index in [1.807, 2.05) is 35.2 Å². The van der Waals surface area contributed by atoms with Crippen molar-refractivity contribution in [2.45, 2.75) is 13.8 Å². The number of hydrogen-bond acceptors (Lipinski definition) is 3. The maximum atomic E-state index is 13.1. The summed E-state index contributed by atoms with van der Waals surface area (Å²) in [6, 6.07) is 16.5. The molecule has 0 spiro atoms. The Morgan fingerprint density at radius 2 is 1.74 bits per heavy atom. The van der Waals surface area contributed by atoms with E-state index >= 15 is 0 Å². The van der Waals surface area contributed by atoms with Gasteiger partial charge < -0.3 is 14.5 Å². The zero-order chi connectivity index (χ0) is 18.8. The molecule has 0 saturated carbocycles. The second-order valence-electron chi connectivity index (χ2n) is 7.58. The number of anilines is 2. The van der Waals surface area contributed by atoms with Crippen LogP contribution < -0.4 is 9.80 Å². The number of morpholine rings is 1. The molecule has 27 heavy (non-hydrogen) atoms. The van der Waals surface area contributed by atoms with Crippen LogP contribution in [0.3, 0.4) is 0 Å². The normalized spacial score (nSPS) is 18.5. The number of fused-ring (bicyclic) bond motifs is 1. The van der Waals surface area contributed by atoms with Gasteiger partial charge in [-0.15, -0.1) is 0 Å². The monoisotopic (exact) mass is 362 g/mol. The lowest BCUT2D eigenvalue weighted by molar-refractivity contribution is -0.113. The Kier molecular flexibility index (Phi) is 4.99. The van der Waals surface area contributed by atoms with E-state index in [-0.39, 0.29) is 5.91 Å². The molecule has 0 unspecified atom stereocenters. The molecule has 0 bridgehead atoms. The van der Waals surface area contributed by atoms with Gasteiger partial charge in [-0.05, 0) is 35.8 Å². The fourth-order valence-corrected chi connectivity index (χ4v) is 3.76. The second-order valence-corrected chi connectivity index (χ2v) is 7.58. The van der Waals surface area contributed by atoms with E-state index in [2.05, 4.69) is 43.0 Å². The molecule has 140 valence electrons. The highest BCUT2D eigenvalue weighted by molar-refractivity contribution is 6.35. The van der Waals surface area contributed by atoms with Crippen LogP contribution in [0.25, 0.3) is 11.6 Å². The van der Waals surface area contributed by atoms with Crippen LogP contribution in [0.15, 0.2) is 48.5 Å². The third kappa shape index (κ3) is 3.62. The Morgan fingerprint density at radius 1 is 1.04 bits per heavy atom. The molecular weight excluding hydrogens is 336 g/mol. The van der Waals surface area contributed by atoms with Gasteiger partial charge in [0.2, 0.25) is 0 Å². The van der Waals surface area contributed by atoms with Crippen molar-refractivity contribution in [2.75, 3.05) is 42.6 Å². The lowest BCUT2D eigenvalue weighted by atomic mass is 10.0. The number of amides is 1. The number of rotatable bonds is 4. The number of ether oxygens (including phenoxy) is 1. The molecular formula is C23H26N2O2. The average molecular weight is 362 g/mol. The van der Waals surface area contributed by atoms with E-state index in [0.717, 1.165) is 55.2 Å². The minimum Gasteiger partial charge on any atom is -0.378 e. The van der Waals surface area contributed by atoms with Crippen molar-refractivity contribution < 1.29 is 9.53 Å². The lowest BCUT2D eigenvalue weighted by Gasteiger charge is -2.28. The Hall–Kier alpha value is -2.59. The van der Waals surface area contributed by atoms with Gasteiger partial charge in [0, 0.05) is 36.5 Å². The van der Waals surface area contributed by atoms with Crippen molar-refractivity contribution >= 4 is 28.9 Å². The molecule has 2 aromatic carbocycles. The smallest absolute Gasteiger partial charge is 0.259 e. The summed E-state index contributed by atoms with van der Waals surface area (Å²) in [6.07, 6.45) is 2.02. The van der Waals surface area contributed by atoms with Gasteiger partial charge in [0.1, 0.15) is 0 Å². The highest BCUT2D eigenvalue weighted by atomic mass is 16.5. The Morgan fingerprint density at radius 3 is 2.44 bits per heavy atom. The second kappa shape index (κ2) is 7.57. The van der Waals surface area contributed by atoms with E-state index in [0.29, 0.717) is 5.92 Å². The molecule has 0 aliphatic carbocycles. The van der Waals surface area contributed by atoms with Gasteiger partial charge >= 0.3 is 0 Å². The van der Waals surface area contributed by atoms with Gasteiger partial charge in [0.15, 0.2) is 0 Å². The molecule has 1 amide bonds. The van der Waals surface area contributed by atoms with Gasteiger partial charge in [0.05, 0.1) is 18.9 Å². The lowest BCUT2D eigenvalue weighted by Crippen LogP contribution is -2.36. The highest BCUT2D eigenvalue weighted by Crippen LogP contribution is 2.38. The van der Waals surface area contributed by atoms with Crippen LogP contribution >= 0.6 is 0 Å². The number of para-hydroxylation sites is 1. The van der Waals surface area contributed by atoms with Gasteiger partial charge in [-0.3, -0.25) is 4.79 Å². The molecule has 2 aliphatic heterocycles. The van der Waals surface area contributed by atoms with Crippen LogP contribution in [0.4, 0.5) is 11.4 Å². The standard InChI is InChI=1S/C23H26N2O2/c1-17(2)16-25-22-6-4-3-5-20(22)21(23(25)26)15-18-7-9-19(10-8-18)24-11-13-27-14-12-24/h3-10,15,17H,11-14,16H2,1-2H3/b21-15-. The summed E-state index contributed by atoms with van der Waals surface area (Å²) in [5, 5.41) is 0. The Bertz CT molecular complexity index is 849. The highest BCUT2D eigenvalue weighted by Gasteiger charge is 2.32. The fourth-order valence-electron chi connectivity index (χ4n) is 3.76. The largest absolute Gasteiger partial charge is 0.378 e. The van der Waals surface area contributed by atoms with E-state index < -0.39 is 0 Å². The third-order valence-corrected chi connectivity index (χ3v) is 5.09. The van der Waals surface area contributed by atoms with Crippen LogP contribution in [-0.2, 0) is 9.53 Å². The van der Waals surface area contributed by atoms with Crippen molar-refractivity contribution in [1.29, 1.82) is 0 Å². The molecule has 0 N–H and O–H groups in total. The first-order valence-corrected chi connectivity index (χ1v) is 9.69. The molecule has 4 nitrogen and oxygen atoms in total. The molecule has 0 aromatic heterocycles. The molecule has 2 heterocycles. The number of nitrogens with zero attached hydrogens (tertiary/aromatic N) is 2. The molecule has 1 fully saturated rings. The van der Waals surface area contributed by atoms with Crippen LogP contribution in [0, 0.1) is 5.92 Å². The predicted molar refractivity (Wildman–Crippen MR) is 111 cm³/mol. The zero-order valence-corrected chi connectivity index (χ0v) is 16.0. The SMILES string of the molecule is CC(C)CN1C(=O)/C(=C\c2ccc(N3CCOCC3)cc2)c2ccccc21. The molecule has 4 heteroatoms. The summed E-state index contributed by atoms with van der Waals surface area (Å²) in [4.78, 5) is 17.3. The van der Waals surface area contributed by atoms with Gasteiger partial charge in [-0.2, -0.15) is 0 Å². The van der Waals surface area contributed by atoms with Crippen LogP contribution in [-0.4, -0.2) is 38.8 Å². The van der Waals surface area contributed by atoms with E-state index in [1.165, 1.54) is 5.69 Å². The average Bonchev–Trinajstić information content (AvgIpc) is 2.95. The Balaban J connectivity index is 1.62. The molecule has 1 saturated heterocycles. The topological polar surface area (TPSA) is 32.8 Å². The molecule has 0 atom stereocenters. The first-order valence-electron chi connectivity index (χ1n) is 9.69. The molecule has 2 aromatic rings. The van der Waals surface area contributed by atoms with Crippen molar-refractivity contribution in [3.05, 3.63) is 59.7 Å². The van der Waals surface area contributed by atoms with Gasteiger partial charge in [-0.25, -0.2) is 0 Å². The summed E-state index contributed by atoms with van der Waals surface area (Å²) < 4.78 is 5.42. The predicted octanol–water partition coefficient (Wildman–Crippen LogP) is 4.07. The maximum absolute atomic E-state index is 13.1. The van der Waals surface area contributed by atoms with Crippen LogP contribution in [0.2, 0.25) is 0 Å². The van der Waals surface area contributed by atoms with Crippen molar-refractivity contribution in [3.8, 4) is 0 Å². The Labute approximate surface area is 161 Å². The number of hydrogen-bond donors (Lipinski definition) is 0. The fraction of sp³-hybridized carbons (Fsp3) is 0.348. The summed E-state index contributed by atoms with van der Waals surface area (Å²) in [5.41, 5.74) is 5.09. The molecule has 0 radical (unpaired) electrons. The summed E-state index contributed by atoms with van der Waals surface area (Å²) in [6.45, 7) is 8.44. The van der Waals surface area contributed by atoms with Crippen LogP contribution in [0.1, 0.15) is 25.0 Å². The summed E-state index contributed by atoms with van der Waals surface area (Å²) in [5.74, 6) is 0.524. The number of carbonyl (C=O) groups is 1. The van der Waals surface area contributed by atoms with Gasteiger partial charge in [0.25, 0.3) is 5.91 Å². The molecule has 4 rings (SSSR count). The maximum Gasteiger partial charge on any atom is 0.259 e. The van der Waals surface area contributed by atoms with Gasteiger partial charge in [-0.1, -0.05) is 44.2 Å². The minimum absolute atomic E-state index is 0.0992. The summed E-state index contributed by atoms with van der Waals surface area (Å²) in [7, 11) is 0.